The minimum atomic E-state index is -0.705. The molecule has 0 bridgehead atoms. The van der Waals surface area contributed by atoms with Crippen molar-refractivity contribution in [2.24, 2.45) is 0 Å². The molecule has 0 aromatic heterocycles. The van der Waals surface area contributed by atoms with Crippen LogP contribution >= 0.6 is 22.6 Å². The summed E-state index contributed by atoms with van der Waals surface area (Å²) >= 11 is 2.05. The lowest BCUT2D eigenvalue weighted by Gasteiger charge is -2.29. The first kappa shape index (κ1) is 15.0. The van der Waals surface area contributed by atoms with Gasteiger partial charge >= 0.3 is 5.97 Å². The second-order valence-corrected chi connectivity index (χ2v) is 5.58. The van der Waals surface area contributed by atoms with E-state index in [1.807, 2.05) is 42.5 Å². The SMILES string of the molecule is C=C(C)C(=O)OC(C)(CC)c1ccc(O)c(I)c1. The number of rotatable bonds is 4. The van der Waals surface area contributed by atoms with Crippen molar-refractivity contribution >= 4 is 28.6 Å². The van der Waals surface area contributed by atoms with Crippen molar-refractivity contribution in [2.75, 3.05) is 0 Å². The quantitative estimate of drug-likeness (QED) is 0.506. The maximum absolute atomic E-state index is 11.7. The van der Waals surface area contributed by atoms with Crippen LogP contribution in [0.1, 0.15) is 32.8 Å². The Bertz CT molecular complexity index is 482. The molecule has 0 aliphatic heterocycles. The molecule has 18 heavy (non-hydrogen) atoms. The average molecular weight is 360 g/mol. The molecule has 1 aromatic rings. The summed E-state index contributed by atoms with van der Waals surface area (Å²) in [7, 11) is 0. The number of hydrogen-bond acceptors (Lipinski definition) is 3. The van der Waals surface area contributed by atoms with Crippen molar-refractivity contribution in [3.05, 3.63) is 39.5 Å². The summed E-state index contributed by atoms with van der Waals surface area (Å²) in [5, 5.41) is 9.52. The number of halogens is 1. The van der Waals surface area contributed by atoms with Crippen molar-refractivity contribution in [2.45, 2.75) is 32.8 Å². The second kappa shape index (κ2) is 5.73. The Morgan fingerprint density at radius 1 is 1.56 bits per heavy atom. The Balaban J connectivity index is 3.10. The molecule has 1 N–H and O–H groups in total. The molecule has 1 atom stereocenters. The van der Waals surface area contributed by atoms with Crippen molar-refractivity contribution in [3.8, 4) is 5.75 Å². The zero-order valence-corrected chi connectivity index (χ0v) is 12.9. The number of esters is 1. The molecule has 0 radical (unpaired) electrons. The monoisotopic (exact) mass is 360 g/mol. The molecule has 0 aliphatic rings. The first-order valence-electron chi connectivity index (χ1n) is 5.68. The number of phenols is 1. The number of carbonyl (C=O) groups excluding carboxylic acids is 1. The number of benzene rings is 1. The van der Waals surface area contributed by atoms with Crippen molar-refractivity contribution in [1.29, 1.82) is 0 Å². The molecule has 1 aromatic carbocycles. The van der Waals surface area contributed by atoms with Gasteiger partial charge in [0.25, 0.3) is 0 Å². The zero-order chi connectivity index (χ0) is 13.9. The molecule has 0 fully saturated rings. The van der Waals surface area contributed by atoms with Gasteiger partial charge in [-0.2, -0.15) is 0 Å². The third-order valence-electron chi connectivity index (χ3n) is 2.90. The van der Waals surface area contributed by atoms with Crippen LogP contribution in [0.2, 0.25) is 0 Å². The van der Waals surface area contributed by atoms with E-state index in [0.717, 1.165) is 9.13 Å². The van der Waals surface area contributed by atoms with Crippen molar-refractivity contribution in [1.82, 2.24) is 0 Å². The van der Waals surface area contributed by atoms with Crippen LogP contribution in [-0.4, -0.2) is 11.1 Å². The zero-order valence-electron chi connectivity index (χ0n) is 10.8. The van der Waals surface area contributed by atoms with E-state index in [1.165, 1.54) is 0 Å². The third-order valence-corrected chi connectivity index (χ3v) is 3.76. The van der Waals surface area contributed by atoms with Crippen LogP contribution in [0.3, 0.4) is 0 Å². The summed E-state index contributed by atoms with van der Waals surface area (Å²) in [6.07, 6.45) is 0.646. The molecular formula is C14H17IO3. The minimum absolute atomic E-state index is 0.226. The van der Waals surface area contributed by atoms with E-state index >= 15 is 0 Å². The Hall–Kier alpha value is -1.04. The summed E-state index contributed by atoms with van der Waals surface area (Å²) in [5.41, 5.74) is 0.536. The van der Waals surface area contributed by atoms with E-state index in [4.69, 9.17) is 4.74 Å². The van der Waals surface area contributed by atoms with Crippen LogP contribution in [0.15, 0.2) is 30.4 Å². The lowest BCUT2D eigenvalue weighted by atomic mass is 9.93. The Morgan fingerprint density at radius 3 is 2.61 bits per heavy atom. The highest BCUT2D eigenvalue weighted by Crippen LogP contribution is 2.33. The van der Waals surface area contributed by atoms with Gasteiger partial charge in [-0.3, -0.25) is 0 Å². The molecule has 0 aliphatic carbocycles. The number of ether oxygens (including phenoxy) is 1. The minimum Gasteiger partial charge on any atom is -0.507 e. The summed E-state index contributed by atoms with van der Waals surface area (Å²) in [6.45, 7) is 9.01. The van der Waals surface area contributed by atoms with Gasteiger partial charge in [0.05, 0.1) is 3.57 Å². The summed E-state index contributed by atoms with van der Waals surface area (Å²) < 4.78 is 6.24. The maximum Gasteiger partial charge on any atom is 0.333 e. The predicted octanol–water partition coefficient (Wildman–Crippen LogP) is 3.74. The molecule has 1 unspecified atom stereocenters. The number of phenolic OH excluding ortho intramolecular Hbond substituents is 1. The molecule has 0 saturated carbocycles. The highest BCUT2D eigenvalue weighted by Gasteiger charge is 2.29. The van der Waals surface area contributed by atoms with E-state index in [2.05, 4.69) is 6.58 Å². The van der Waals surface area contributed by atoms with Crippen LogP contribution in [0, 0.1) is 3.57 Å². The van der Waals surface area contributed by atoms with E-state index in [-0.39, 0.29) is 5.75 Å². The maximum atomic E-state index is 11.7. The topological polar surface area (TPSA) is 46.5 Å². The molecule has 3 nitrogen and oxygen atoms in total. The molecule has 0 saturated heterocycles. The second-order valence-electron chi connectivity index (χ2n) is 4.42. The molecule has 0 spiro atoms. The lowest BCUT2D eigenvalue weighted by molar-refractivity contribution is -0.154. The number of carbonyl (C=O) groups is 1. The van der Waals surface area contributed by atoms with E-state index < -0.39 is 11.6 Å². The molecule has 4 heteroatoms. The molecule has 1 rings (SSSR count). The van der Waals surface area contributed by atoms with Gasteiger partial charge in [0, 0.05) is 5.57 Å². The first-order chi connectivity index (χ1) is 8.30. The van der Waals surface area contributed by atoms with Crippen LogP contribution in [0.25, 0.3) is 0 Å². The van der Waals surface area contributed by atoms with E-state index in [1.54, 1.807) is 19.1 Å². The molecule has 0 heterocycles. The molecular weight excluding hydrogens is 343 g/mol. The Morgan fingerprint density at radius 2 is 2.17 bits per heavy atom. The molecule has 0 amide bonds. The fourth-order valence-corrected chi connectivity index (χ4v) is 1.98. The normalized spacial score (nSPS) is 13.8. The van der Waals surface area contributed by atoms with Crippen LogP contribution in [0.4, 0.5) is 0 Å². The summed E-state index contributed by atoms with van der Waals surface area (Å²) in [5.74, 6) is -0.175. The van der Waals surface area contributed by atoms with Crippen LogP contribution < -0.4 is 0 Å². The van der Waals surface area contributed by atoms with Gasteiger partial charge in [0.15, 0.2) is 0 Å². The number of hydrogen-bond donors (Lipinski definition) is 1. The van der Waals surface area contributed by atoms with Crippen molar-refractivity contribution < 1.29 is 14.6 Å². The Labute approximate surface area is 121 Å². The van der Waals surface area contributed by atoms with Gasteiger partial charge in [-0.25, -0.2) is 4.79 Å². The van der Waals surface area contributed by atoms with Gasteiger partial charge in [-0.05, 0) is 60.6 Å². The largest absolute Gasteiger partial charge is 0.507 e. The van der Waals surface area contributed by atoms with Crippen LogP contribution in [-0.2, 0) is 15.1 Å². The smallest absolute Gasteiger partial charge is 0.333 e. The van der Waals surface area contributed by atoms with E-state index in [0.29, 0.717) is 12.0 Å². The van der Waals surface area contributed by atoms with Gasteiger partial charge in [0.2, 0.25) is 0 Å². The third kappa shape index (κ3) is 3.25. The molecule has 98 valence electrons. The van der Waals surface area contributed by atoms with Gasteiger partial charge < -0.3 is 9.84 Å². The van der Waals surface area contributed by atoms with Gasteiger partial charge in [0.1, 0.15) is 11.4 Å². The van der Waals surface area contributed by atoms with Gasteiger partial charge in [-0.1, -0.05) is 19.6 Å². The number of aromatic hydroxyl groups is 1. The lowest BCUT2D eigenvalue weighted by Crippen LogP contribution is -2.28. The fourth-order valence-electron chi connectivity index (χ4n) is 1.46. The standard InChI is InChI=1S/C14H17IO3/c1-5-14(4,18-13(17)9(2)3)10-6-7-12(16)11(15)8-10/h6-8,16H,2,5H2,1,3-4H3. The highest BCUT2D eigenvalue weighted by molar-refractivity contribution is 14.1. The predicted molar refractivity (Wildman–Crippen MR) is 79.4 cm³/mol. The van der Waals surface area contributed by atoms with Crippen LogP contribution in [0.5, 0.6) is 5.75 Å². The summed E-state index contributed by atoms with van der Waals surface area (Å²) in [4.78, 5) is 11.7. The summed E-state index contributed by atoms with van der Waals surface area (Å²) in [6, 6.07) is 5.21. The first-order valence-corrected chi connectivity index (χ1v) is 6.76. The Kier molecular flexibility index (Phi) is 4.78. The van der Waals surface area contributed by atoms with Crippen molar-refractivity contribution in [3.63, 3.8) is 0 Å². The average Bonchev–Trinajstić information content (AvgIpc) is 2.32. The van der Waals surface area contributed by atoms with Gasteiger partial charge in [-0.15, -0.1) is 0 Å². The highest BCUT2D eigenvalue weighted by atomic mass is 127. The fraction of sp³-hybridized carbons (Fsp3) is 0.357. The van der Waals surface area contributed by atoms with E-state index in [9.17, 15) is 9.90 Å².